The lowest BCUT2D eigenvalue weighted by atomic mass is 9.95. The first-order valence-corrected chi connectivity index (χ1v) is 8.16. The first-order valence-electron chi connectivity index (χ1n) is 7.35. The molecular formula is C18H25NOS. The number of hydrogen-bond acceptors (Lipinski definition) is 3. The van der Waals surface area contributed by atoms with E-state index < -0.39 is 0 Å². The summed E-state index contributed by atoms with van der Waals surface area (Å²) in [5.41, 5.74) is 1.45. The van der Waals surface area contributed by atoms with Gasteiger partial charge in [0.15, 0.2) is 0 Å². The predicted molar refractivity (Wildman–Crippen MR) is 91.5 cm³/mol. The minimum absolute atomic E-state index is 0.214. The van der Waals surface area contributed by atoms with Crippen LogP contribution in [0.5, 0.6) is 5.75 Å². The third kappa shape index (κ3) is 3.86. The molecule has 0 spiro atoms. The Morgan fingerprint density at radius 1 is 1.14 bits per heavy atom. The Hall–Kier alpha value is -1.32. The minimum atomic E-state index is 0.214. The van der Waals surface area contributed by atoms with Gasteiger partial charge in [0.1, 0.15) is 5.75 Å². The smallest absolute Gasteiger partial charge is 0.122 e. The van der Waals surface area contributed by atoms with E-state index >= 15 is 0 Å². The molecule has 1 aromatic carbocycles. The summed E-state index contributed by atoms with van der Waals surface area (Å²) in [6, 6.07) is 13.1. The quantitative estimate of drug-likeness (QED) is 0.874. The lowest BCUT2D eigenvalue weighted by Gasteiger charge is -2.18. The molecule has 2 aromatic rings. The molecule has 2 nitrogen and oxygen atoms in total. The zero-order chi connectivity index (χ0) is 15.5. The maximum atomic E-state index is 5.46. The highest BCUT2D eigenvalue weighted by Gasteiger charge is 2.20. The summed E-state index contributed by atoms with van der Waals surface area (Å²) in [5, 5.41) is 3.44. The number of nitrogens with one attached hydrogen (secondary N) is 1. The van der Waals surface area contributed by atoms with Gasteiger partial charge >= 0.3 is 0 Å². The van der Waals surface area contributed by atoms with Gasteiger partial charge < -0.3 is 10.1 Å². The number of hydrogen-bond donors (Lipinski definition) is 1. The van der Waals surface area contributed by atoms with E-state index in [0.717, 1.165) is 12.2 Å². The summed E-state index contributed by atoms with van der Waals surface area (Å²) < 4.78 is 5.46. The Morgan fingerprint density at radius 2 is 1.86 bits per heavy atom. The fraction of sp³-hybridized carbons (Fsp3) is 0.444. The van der Waals surface area contributed by atoms with E-state index in [-0.39, 0.29) is 5.41 Å². The van der Waals surface area contributed by atoms with E-state index in [4.69, 9.17) is 4.74 Å². The molecule has 1 heterocycles. The normalized spacial score (nSPS) is 13.2. The number of para-hydroxylation sites is 1. The Balaban J connectivity index is 2.22. The van der Waals surface area contributed by atoms with E-state index in [1.54, 1.807) is 7.11 Å². The van der Waals surface area contributed by atoms with Gasteiger partial charge in [0.05, 0.1) is 7.11 Å². The Labute approximate surface area is 132 Å². The fourth-order valence-electron chi connectivity index (χ4n) is 2.38. The predicted octanol–water partition coefficient (Wildman–Crippen LogP) is 4.56. The van der Waals surface area contributed by atoms with Gasteiger partial charge in [0, 0.05) is 15.8 Å². The Bertz CT molecular complexity index is 583. The van der Waals surface area contributed by atoms with Crippen molar-refractivity contribution < 1.29 is 4.74 Å². The van der Waals surface area contributed by atoms with E-state index in [9.17, 15) is 0 Å². The van der Waals surface area contributed by atoms with Crippen LogP contribution in [0.4, 0.5) is 0 Å². The van der Waals surface area contributed by atoms with Crippen molar-refractivity contribution in [3.8, 4) is 5.75 Å². The average molecular weight is 303 g/mol. The zero-order valence-corrected chi connectivity index (χ0v) is 14.4. The van der Waals surface area contributed by atoms with Gasteiger partial charge in [-0.2, -0.15) is 0 Å². The van der Waals surface area contributed by atoms with Crippen LogP contribution in [0.25, 0.3) is 0 Å². The fourth-order valence-corrected chi connectivity index (χ4v) is 3.56. The van der Waals surface area contributed by atoms with Crippen molar-refractivity contribution in [2.24, 2.45) is 0 Å². The van der Waals surface area contributed by atoms with Crippen LogP contribution in [0.1, 0.15) is 42.1 Å². The van der Waals surface area contributed by atoms with Gasteiger partial charge in [0.25, 0.3) is 0 Å². The molecule has 0 saturated carbocycles. The summed E-state index contributed by atoms with van der Waals surface area (Å²) in [6.07, 6.45) is 0.935. The van der Waals surface area contributed by atoms with Crippen molar-refractivity contribution in [1.82, 2.24) is 5.32 Å². The molecule has 0 bridgehead atoms. The molecule has 1 atom stereocenters. The number of methoxy groups -OCH3 is 1. The van der Waals surface area contributed by atoms with Gasteiger partial charge in [-0.1, -0.05) is 39.0 Å². The molecule has 114 valence electrons. The van der Waals surface area contributed by atoms with Crippen molar-refractivity contribution in [3.63, 3.8) is 0 Å². The van der Waals surface area contributed by atoms with Crippen molar-refractivity contribution in [2.75, 3.05) is 14.2 Å². The molecule has 0 aliphatic carbocycles. The summed E-state index contributed by atoms with van der Waals surface area (Å²) >= 11 is 1.90. The minimum Gasteiger partial charge on any atom is -0.496 e. The van der Waals surface area contributed by atoms with E-state index in [0.29, 0.717) is 6.04 Å². The van der Waals surface area contributed by atoms with Crippen LogP contribution in [0.2, 0.25) is 0 Å². The summed E-state index contributed by atoms with van der Waals surface area (Å²) in [4.78, 5) is 2.81. The largest absolute Gasteiger partial charge is 0.496 e. The SMILES string of the molecule is CNC(Cc1ccccc1OC)c1ccc(C(C)(C)C)s1. The molecule has 0 fully saturated rings. The topological polar surface area (TPSA) is 21.3 Å². The average Bonchev–Trinajstić information content (AvgIpc) is 2.94. The molecule has 0 radical (unpaired) electrons. The second-order valence-corrected chi connectivity index (χ2v) is 7.42. The number of rotatable bonds is 5. The monoisotopic (exact) mass is 303 g/mol. The molecule has 2 rings (SSSR count). The summed E-state index contributed by atoms with van der Waals surface area (Å²) in [7, 11) is 3.76. The first-order chi connectivity index (χ1) is 9.95. The van der Waals surface area contributed by atoms with Crippen molar-refractivity contribution in [1.29, 1.82) is 0 Å². The van der Waals surface area contributed by atoms with Crippen LogP contribution >= 0.6 is 11.3 Å². The number of ether oxygens (including phenoxy) is 1. The molecule has 0 aliphatic rings. The third-order valence-corrected chi connectivity index (χ3v) is 5.30. The molecule has 0 saturated heterocycles. The van der Waals surface area contributed by atoms with Gasteiger partial charge in [-0.25, -0.2) is 0 Å². The standard InChI is InChI=1S/C18H25NOS/c1-18(2,3)17-11-10-16(21-17)14(19-4)12-13-8-6-7-9-15(13)20-5/h6-11,14,19H,12H2,1-5H3. The van der Waals surface area contributed by atoms with Crippen molar-refractivity contribution in [2.45, 2.75) is 38.6 Å². The number of thiophene rings is 1. The maximum absolute atomic E-state index is 5.46. The molecule has 0 amide bonds. The zero-order valence-electron chi connectivity index (χ0n) is 13.6. The van der Waals surface area contributed by atoms with Crippen LogP contribution in [0, 0.1) is 0 Å². The van der Waals surface area contributed by atoms with Crippen LogP contribution < -0.4 is 10.1 Å². The molecule has 3 heteroatoms. The highest BCUT2D eigenvalue weighted by Crippen LogP contribution is 2.34. The van der Waals surface area contributed by atoms with Gasteiger partial charge in [-0.15, -0.1) is 11.3 Å². The van der Waals surface area contributed by atoms with Gasteiger partial charge in [0.2, 0.25) is 0 Å². The van der Waals surface area contributed by atoms with E-state index in [1.807, 2.05) is 30.5 Å². The summed E-state index contributed by atoms with van der Waals surface area (Å²) in [6.45, 7) is 6.78. The lowest BCUT2D eigenvalue weighted by molar-refractivity contribution is 0.406. The van der Waals surface area contributed by atoms with Crippen LogP contribution in [0.15, 0.2) is 36.4 Å². The van der Waals surface area contributed by atoms with Gasteiger partial charge in [-0.3, -0.25) is 0 Å². The highest BCUT2D eigenvalue weighted by atomic mass is 32.1. The molecule has 1 N–H and O–H groups in total. The number of benzene rings is 1. The third-order valence-electron chi connectivity index (χ3n) is 3.67. The lowest BCUT2D eigenvalue weighted by Crippen LogP contribution is -2.18. The highest BCUT2D eigenvalue weighted by molar-refractivity contribution is 7.12. The van der Waals surface area contributed by atoms with E-state index in [2.05, 4.69) is 50.4 Å². The van der Waals surface area contributed by atoms with Gasteiger partial charge in [-0.05, 0) is 42.6 Å². The Kier molecular flexibility index (Phi) is 5.07. The maximum Gasteiger partial charge on any atom is 0.122 e. The van der Waals surface area contributed by atoms with E-state index in [1.165, 1.54) is 15.3 Å². The molecular weight excluding hydrogens is 278 g/mol. The van der Waals surface area contributed by atoms with Crippen molar-refractivity contribution >= 4 is 11.3 Å². The number of likely N-dealkylation sites (N-methyl/N-ethyl adjacent to an activating group) is 1. The first kappa shape index (κ1) is 16.1. The second kappa shape index (κ2) is 6.63. The van der Waals surface area contributed by atoms with Crippen LogP contribution in [-0.2, 0) is 11.8 Å². The van der Waals surface area contributed by atoms with Crippen LogP contribution in [0.3, 0.4) is 0 Å². The second-order valence-electron chi connectivity index (χ2n) is 6.31. The summed E-state index contributed by atoms with van der Waals surface area (Å²) in [5.74, 6) is 0.963. The van der Waals surface area contributed by atoms with Crippen molar-refractivity contribution in [3.05, 3.63) is 51.7 Å². The molecule has 1 unspecified atom stereocenters. The molecule has 1 aromatic heterocycles. The Morgan fingerprint density at radius 3 is 2.43 bits per heavy atom. The molecule has 0 aliphatic heterocycles. The molecule has 21 heavy (non-hydrogen) atoms. The van der Waals surface area contributed by atoms with Crippen LogP contribution in [-0.4, -0.2) is 14.2 Å².